The van der Waals surface area contributed by atoms with Crippen LogP contribution in [0.5, 0.6) is 0 Å². The largest absolute Gasteiger partial charge is 0.381 e. The summed E-state index contributed by atoms with van der Waals surface area (Å²) in [6, 6.07) is 0. The van der Waals surface area contributed by atoms with Crippen LogP contribution < -0.4 is 10.6 Å². The highest BCUT2D eigenvalue weighted by molar-refractivity contribution is 14.0. The van der Waals surface area contributed by atoms with Crippen molar-refractivity contribution < 1.29 is 9.47 Å². The lowest BCUT2D eigenvalue weighted by Crippen LogP contribution is -2.38. The highest BCUT2D eigenvalue weighted by atomic mass is 127. The maximum atomic E-state index is 5.79. The molecule has 1 aromatic heterocycles. The molecule has 0 spiro atoms. The number of imidazole rings is 1. The van der Waals surface area contributed by atoms with Crippen LogP contribution >= 0.6 is 24.0 Å². The van der Waals surface area contributed by atoms with Crippen LogP contribution in [-0.2, 0) is 22.6 Å². The molecule has 1 fully saturated rings. The molecule has 0 aliphatic carbocycles. The average molecular weight is 493 g/mol. The van der Waals surface area contributed by atoms with E-state index in [0.29, 0.717) is 18.4 Å². The van der Waals surface area contributed by atoms with Gasteiger partial charge < -0.3 is 24.7 Å². The smallest absolute Gasteiger partial charge is 0.191 e. The molecule has 0 bridgehead atoms. The molecular formula is C19H36IN5O2. The molecule has 0 radical (unpaired) electrons. The SMILES string of the molecule is CN=C(NCCCOCC1CCOCC1)NCc1nccn1CC(C)C.I. The van der Waals surface area contributed by atoms with Gasteiger partial charge in [0, 0.05) is 59.0 Å². The quantitative estimate of drug-likeness (QED) is 0.227. The Morgan fingerprint density at radius 2 is 2.15 bits per heavy atom. The van der Waals surface area contributed by atoms with Crippen LogP contribution in [-0.4, -0.2) is 55.5 Å². The zero-order valence-electron chi connectivity index (χ0n) is 16.9. The second-order valence-corrected chi connectivity index (χ2v) is 7.23. The van der Waals surface area contributed by atoms with Gasteiger partial charge in [-0.3, -0.25) is 4.99 Å². The van der Waals surface area contributed by atoms with Gasteiger partial charge in [0.2, 0.25) is 0 Å². The summed E-state index contributed by atoms with van der Waals surface area (Å²) in [5.41, 5.74) is 0. The van der Waals surface area contributed by atoms with Gasteiger partial charge in [0.15, 0.2) is 5.96 Å². The Kier molecular flexibility index (Phi) is 12.7. The second-order valence-electron chi connectivity index (χ2n) is 7.23. The third-order valence-electron chi connectivity index (χ3n) is 4.45. The molecule has 8 heteroatoms. The first-order valence-corrected chi connectivity index (χ1v) is 9.79. The first-order chi connectivity index (χ1) is 12.7. The van der Waals surface area contributed by atoms with E-state index < -0.39 is 0 Å². The molecule has 1 aliphatic heterocycles. The number of rotatable bonds is 10. The lowest BCUT2D eigenvalue weighted by molar-refractivity contribution is 0.0203. The van der Waals surface area contributed by atoms with Crippen molar-refractivity contribution in [3.05, 3.63) is 18.2 Å². The average Bonchev–Trinajstić information content (AvgIpc) is 3.07. The number of ether oxygens (including phenoxy) is 2. The van der Waals surface area contributed by atoms with E-state index in [1.54, 1.807) is 7.05 Å². The van der Waals surface area contributed by atoms with Gasteiger partial charge in [-0.1, -0.05) is 13.8 Å². The van der Waals surface area contributed by atoms with Crippen LogP contribution in [0.4, 0.5) is 0 Å². The zero-order valence-corrected chi connectivity index (χ0v) is 19.3. The Bertz CT molecular complexity index is 530. The summed E-state index contributed by atoms with van der Waals surface area (Å²) in [6.07, 6.45) is 7.10. The van der Waals surface area contributed by atoms with Crippen molar-refractivity contribution in [1.29, 1.82) is 0 Å². The monoisotopic (exact) mass is 493 g/mol. The fraction of sp³-hybridized carbons (Fsp3) is 0.789. The summed E-state index contributed by atoms with van der Waals surface area (Å²) < 4.78 is 13.3. The third-order valence-corrected chi connectivity index (χ3v) is 4.45. The Hall–Kier alpha value is -0.870. The summed E-state index contributed by atoms with van der Waals surface area (Å²) in [7, 11) is 1.79. The summed E-state index contributed by atoms with van der Waals surface area (Å²) in [4.78, 5) is 8.70. The summed E-state index contributed by atoms with van der Waals surface area (Å²) in [5, 5.41) is 6.66. The molecule has 156 valence electrons. The van der Waals surface area contributed by atoms with Crippen LogP contribution in [0.2, 0.25) is 0 Å². The van der Waals surface area contributed by atoms with Crippen LogP contribution in [0.1, 0.15) is 38.9 Å². The van der Waals surface area contributed by atoms with Crippen molar-refractivity contribution in [2.75, 3.05) is 40.0 Å². The van der Waals surface area contributed by atoms with Gasteiger partial charge in [0.05, 0.1) is 6.54 Å². The number of halogens is 1. The Morgan fingerprint density at radius 3 is 2.85 bits per heavy atom. The fourth-order valence-corrected chi connectivity index (χ4v) is 2.99. The number of guanidine groups is 1. The van der Waals surface area contributed by atoms with Crippen molar-refractivity contribution in [3.63, 3.8) is 0 Å². The van der Waals surface area contributed by atoms with Crippen LogP contribution in [0.3, 0.4) is 0 Å². The summed E-state index contributed by atoms with van der Waals surface area (Å²) in [6.45, 7) is 10.3. The molecule has 2 rings (SSSR count). The number of aromatic nitrogens is 2. The topological polar surface area (TPSA) is 72.7 Å². The molecule has 0 unspecified atom stereocenters. The highest BCUT2D eigenvalue weighted by Gasteiger charge is 2.13. The molecule has 0 aromatic carbocycles. The minimum Gasteiger partial charge on any atom is -0.381 e. The van der Waals surface area contributed by atoms with E-state index in [-0.39, 0.29) is 24.0 Å². The van der Waals surface area contributed by atoms with Gasteiger partial charge >= 0.3 is 0 Å². The van der Waals surface area contributed by atoms with E-state index in [4.69, 9.17) is 9.47 Å². The van der Waals surface area contributed by atoms with Crippen molar-refractivity contribution in [3.8, 4) is 0 Å². The maximum absolute atomic E-state index is 5.79. The van der Waals surface area contributed by atoms with Crippen LogP contribution in [0.15, 0.2) is 17.4 Å². The minimum absolute atomic E-state index is 0. The molecule has 27 heavy (non-hydrogen) atoms. The normalized spacial score (nSPS) is 15.6. The molecule has 0 saturated carbocycles. The number of hydrogen-bond donors (Lipinski definition) is 2. The molecule has 0 atom stereocenters. The van der Waals surface area contributed by atoms with Crippen molar-refractivity contribution in [2.45, 2.75) is 46.2 Å². The van der Waals surface area contributed by atoms with E-state index in [1.807, 2.05) is 12.4 Å². The predicted octanol–water partition coefficient (Wildman–Crippen LogP) is 2.66. The van der Waals surface area contributed by atoms with Gasteiger partial charge in [-0.2, -0.15) is 0 Å². The lowest BCUT2D eigenvalue weighted by atomic mass is 10.0. The number of aliphatic imine (C=N–C) groups is 1. The number of hydrogen-bond acceptors (Lipinski definition) is 4. The van der Waals surface area contributed by atoms with E-state index in [2.05, 4.69) is 39.0 Å². The number of nitrogens with one attached hydrogen (secondary N) is 2. The van der Waals surface area contributed by atoms with Gasteiger partial charge in [-0.15, -0.1) is 24.0 Å². The van der Waals surface area contributed by atoms with E-state index in [9.17, 15) is 0 Å². The Morgan fingerprint density at radius 1 is 1.37 bits per heavy atom. The molecule has 1 aliphatic rings. The minimum atomic E-state index is 0. The van der Waals surface area contributed by atoms with Crippen molar-refractivity contribution in [1.82, 2.24) is 20.2 Å². The highest BCUT2D eigenvalue weighted by Crippen LogP contribution is 2.14. The first kappa shape index (κ1) is 24.2. The zero-order chi connectivity index (χ0) is 18.6. The molecule has 2 heterocycles. The van der Waals surface area contributed by atoms with E-state index in [1.165, 1.54) is 0 Å². The summed E-state index contributed by atoms with van der Waals surface area (Å²) in [5.74, 6) is 3.09. The lowest BCUT2D eigenvalue weighted by Gasteiger charge is -2.21. The standard InChI is InChI=1S/C19H35N5O2.HI/c1-16(2)14-24-9-8-21-18(24)13-23-19(20-3)22-7-4-10-26-15-17-5-11-25-12-6-17;/h8-9,16-17H,4-7,10-15H2,1-3H3,(H2,20,22,23);1H. The number of nitrogens with zero attached hydrogens (tertiary/aromatic N) is 3. The molecule has 1 aromatic rings. The molecule has 2 N–H and O–H groups in total. The molecule has 0 amide bonds. The maximum Gasteiger partial charge on any atom is 0.191 e. The molecule has 7 nitrogen and oxygen atoms in total. The van der Waals surface area contributed by atoms with Crippen molar-refractivity contribution >= 4 is 29.9 Å². The molecular weight excluding hydrogens is 457 g/mol. The fourth-order valence-electron chi connectivity index (χ4n) is 2.99. The van der Waals surface area contributed by atoms with Crippen LogP contribution in [0, 0.1) is 11.8 Å². The van der Waals surface area contributed by atoms with E-state index >= 15 is 0 Å². The summed E-state index contributed by atoms with van der Waals surface area (Å²) >= 11 is 0. The van der Waals surface area contributed by atoms with Crippen molar-refractivity contribution in [2.24, 2.45) is 16.8 Å². The van der Waals surface area contributed by atoms with Gasteiger partial charge in [0.25, 0.3) is 0 Å². The second kappa shape index (κ2) is 14.2. The first-order valence-electron chi connectivity index (χ1n) is 9.79. The van der Waals surface area contributed by atoms with Gasteiger partial charge in [0.1, 0.15) is 5.82 Å². The third kappa shape index (κ3) is 9.75. The van der Waals surface area contributed by atoms with Gasteiger partial charge in [-0.05, 0) is 31.1 Å². The Labute approximate surface area is 180 Å². The predicted molar refractivity (Wildman–Crippen MR) is 120 cm³/mol. The van der Waals surface area contributed by atoms with E-state index in [0.717, 1.165) is 70.6 Å². The Balaban J connectivity index is 0.00000364. The van der Waals surface area contributed by atoms with Gasteiger partial charge in [-0.25, -0.2) is 4.98 Å². The van der Waals surface area contributed by atoms with Crippen LogP contribution in [0.25, 0.3) is 0 Å². The molecule has 1 saturated heterocycles.